The van der Waals surface area contributed by atoms with Gasteiger partial charge in [0.2, 0.25) is 5.75 Å². The Bertz CT molecular complexity index is 426. The lowest BCUT2D eigenvalue weighted by Gasteiger charge is -2.13. The second-order valence-corrected chi connectivity index (χ2v) is 3.48. The predicted molar refractivity (Wildman–Crippen MR) is 66.6 cm³/mol. The van der Waals surface area contributed by atoms with Crippen molar-refractivity contribution in [2.45, 2.75) is 6.42 Å². The molecule has 0 heterocycles. The lowest BCUT2D eigenvalue weighted by Crippen LogP contribution is -1.97. The van der Waals surface area contributed by atoms with Crippen LogP contribution in [-0.2, 0) is 11.2 Å². The number of hydrogen-bond donors (Lipinski definition) is 1. The maximum atomic E-state index is 10.4. The first-order valence-corrected chi connectivity index (χ1v) is 5.30. The molecule has 0 radical (unpaired) electrons. The van der Waals surface area contributed by atoms with E-state index in [1.807, 2.05) is 0 Å². The van der Waals surface area contributed by atoms with Crippen LogP contribution < -0.4 is 14.2 Å². The normalized spacial score (nSPS) is 10.4. The summed E-state index contributed by atoms with van der Waals surface area (Å²) in [5, 5.41) is 8.52. The van der Waals surface area contributed by atoms with Crippen LogP contribution in [0.15, 0.2) is 24.3 Å². The number of carbonyl (C=O) groups is 1. The van der Waals surface area contributed by atoms with Crippen LogP contribution in [0, 0.1) is 0 Å². The Morgan fingerprint density at radius 3 is 2.11 bits per heavy atom. The molecule has 0 aliphatic carbocycles. The monoisotopic (exact) mass is 252 g/mol. The number of hydrogen-bond acceptors (Lipinski definition) is 4. The average Bonchev–Trinajstić information content (AvgIpc) is 2.36. The number of benzene rings is 1. The summed E-state index contributed by atoms with van der Waals surface area (Å²) < 4.78 is 15.6. The van der Waals surface area contributed by atoms with Crippen molar-refractivity contribution in [3.05, 3.63) is 29.8 Å². The molecule has 0 bridgehead atoms. The molecule has 0 unspecified atom stereocenters. The first kappa shape index (κ1) is 13.9. The molecule has 0 saturated heterocycles. The van der Waals surface area contributed by atoms with Crippen molar-refractivity contribution >= 4 is 5.97 Å². The molecule has 5 nitrogen and oxygen atoms in total. The number of aliphatic carboxylic acids is 1. The minimum Gasteiger partial charge on any atom is -0.493 e. The van der Waals surface area contributed by atoms with Crippen molar-refractivity contribution in [2.75, 3.05) is 21.3 Å². The number of methoxy groups -OCH3 is 3. The van der Waals surface area contributed by atoms with E-state index in [9.17, 15) is 4.79 Å². The van der Waals surface area contributed by atoms with Crippen LogP contribution >= 0.6 is 0 Å². The molecule has 0 amide bonds. The summed E-state index contributed by atoms with van der Waals surface area (Å²) in [4.78, 5) is 10.4. The smallest absolute Gasteiger partial charge is 0.327 e. The van der Waals surface area contributed by atoms with E-state index in [1.165, 1.54) is 21.3 Å². The topological polar surface area (TPSA) is 65.0 Å². The van der Waals surface area contributed by atoms with Crippen LogP contribution in [0.1, 0.15) is 5.56 Å². The van der Waals surface area contributed by atoms with E-state index in [0.29, 0.717) is 23.7 Å². The Labute approximate surface area is 106 Å². The fraction of sp³-hybridized carbons (Fsp3) is 0.308. The van der Waals surface area contributed by atoms with Gasteiger partial charge in [-0.2, -0.15) is 0 Å². The average molecular weight is 252 g/mol. The molecule has 1 rings (SSSR count). The standard InChI is InChI=1S/C13H16O5/c1-16-10-7-9(5-4-6-12(14)15)8-11(17-2)13(10)18-3/h4,6-8H,5H2,1-3H3,(H,14,15)/b6-4+. The molecule has 5 heteroatoms. The van der Waals surface area contributed by atoms with Crippen LogP contribution in [0.3, 0.4) is 0 Å². The molecule has 98 valence electrons. The summed E-state index contributed by atoms with van der Waals surface area (Å²) in [5.74, 6) is 0.652. The predicted octanol–water partition coefficient (Wildman–Crippen LogP) is 1.90. The van der Waals surface area contributed by atoms with E-state index in [1.54, 1.807) is 18.2 Å². The molecule has 0 aromatic heterocycles. The van der Waals surface area contributed by atoms with E-state index in [2.05, 4.69) is 0 Å². The highest BCUT2D eigenvalue weighted by Gasteiger charge is 2.12. The highest BCUT2D eigenvalue weighted by molar-refractivity contribution is 5.79. The van der Waals surface area contributed by atoms with E-state index in [-0.39, 0.29) is 0 Å². The fourth-order valence-electron chi connectivity index (χ4n) is 1.55. The molecular weight excluding hydrogens is 236 g/mol. The van der Waals surface area contributed by atoms with Crippen molar-refractivity contribution in [1.82, 2.24) is 0 Å². The van der Waals surface area contributed by atoms with Gasteiger partial charge in [-0.1, -0.05) is 6.08 Å². The summed E-state index contributed by atoms with van der Waals surface area (Å²) in [6.07, 6.45) is 3.13. The highest BCUT2D eigenvalue weighted by Crippen LogP contribution is 2.38. The molecule has 0 saturated carbocycles. The zero-order chi connectivity index (χ0) is 13.5. The summed E-state index contributed by atoms with van der Waals surface area (Å²) >= 11 is 0. The van der Waals surface area contributed by atoms with Crippen molar-refractivity contribution in [3.63, 3.8) is 0 Å². The Kier molecular flexibility index (Phi) is 5.05. The molecule has 0 fully saturated rings. The van der Waals surface area contributed by atoms with Gasteiger partial charge in [0.25, 0.3) is 0 Å². The highest BCUT2D eigenvalue weighted by atomic mass is 16.5. The van der Waals surface area contributed by atoms with Gasteiger partial charge in [-0.3, -0.25) is 0 Å². The van der Waals surface area contributed by atoms with Gasteiger partial charge in [-0.05, 0) is 24.1 Å². The summed E-state index contributed by atoms with van der Waals surface area (Å²) in [6, 6.07) is 3.57. The SMILES string of the molecule is COc1cc(C/C=C/C(=O)O)cc(OC)c1OC. The van der Waals surface area contributed by atoms with Crippen molar-refractivity contribution in [2.24, 2.45) is 0 Å². The van der Waals surface area contributed by atoms with E-state index in [4.69, 9.17) is 19.3 Å². The van der Waals surface area contributed by atoms with Crippen LogP contribution in [0.2, 0.25) is 0 Å². The van der Waals surface area contributed by atoms with Crippen molar-refractivity contribution in [3.8, 4) is 17.2 Å². The van der Waals surface area contributed by atoms with Gasteiger partial charge in [0.1, 0.15) is 0 Å². The van der Waals surface area contributed by atoms with Gasteiger partial charge >= 0.3 is 5.97 Å². The lowest BCUT2D eigenvalue weighted by molar-refractivity contribution is -0.131. The Balaban J connectivity index is 3.03. The van der Waals surface area contributed by atoms with Gasteiger partial charge in [-0.15, -0.1) is 0 Å². The lowest BCUT2D eigenvalue weighted by atomic mass is 10.1. The summed E-state index contributed by atoms with van der Waals surface area (Å²) in [6.45, 7) is 0. The van der Waals surface area contributed by atoms with Crippen LogP contribution in [0.5, 0.6) is 17.2 Å². The zero-order valence-electron chi connectivity index (χ0n) is 10.6. The van der Waals surface area contributed by atoms with Gasteiger partial charge < -0.3 is 19.3 Å². The first-order chi connectivity index (χ1) is 8.62. The van der Waals surface area contributed by atoms with Gasteiger partial charge in [0.15, 0.2) is 11.5 Å². The second kappa shape index (κ2) is 6.54. The first-order valence-electron chi connectivity index (χ1n) is 5.30. The van der Waals surface area contributed by atoms with E-state index in [0.717, 1.165) is 11.6 Å². The molecule has 18 heavy (non-hydrogen) atoms. The van der Waals surface area contributed by atoms with Crippen molar-refractivity contribution < 1.29 is 24.1 Å². The molecule has 0 spiro atoms. The van der Waals surface area contributed by atoms with Crippen LogP contribution in [0.25, 0.3) is 0 Å². The quantitative estimate of drug-likeness (QED) is 0.783. The van der Waals surface area contributed by atoms with Gasteiger partial charge in [-0.25, -0.2) is 4.79 Å². The third-order valence-corrected chi connectivity index (χ3v) is 2.34. The molecule has 0 aliphatic rings. The minimum atomic E-state index is -0.970. The molecule has 0 aliphatic heterocycles. The third-order valence-electron chi connectivity index (χ3n) is 2.34. The van der Waals surface area contributed by atoms with Crippen LogP contribution in [0.4, 0.5) is 0 Å². The van der Waals surface area contributed by atoms with Crippen molar-refractivity contribution in [1.29, 1.82) is 0 Å². The molecular formula is C13H16O5. The Hall–Kier alpha value is -2.17. The van der Waals surface area contributed by atoms with E-state index >= 15 is 0 Å². The molecule has 1 N–H and O–H groups in total. The molecule has 1 aromatic carbocycles. The Morgan fingerprint density at radius 2 is 1.72 bits per heavy atom. The molecule has 1 aromatic rings. The Morgan fingerprint density at radius 1 is 1.17 bits per heavy atom. The summed E-state index contributed by atoms with van der Waals surface area (Å²) in [7, 11) is 4.60. The van der Waals surface area contributed by atoms with E-state index < -0.39 is 5.97 Å². The number of rotatable bonds is 6. The minimum absolute atomic E-state index is 0.475. The van der Waals surface area contributed by atoms with Crippen LogP contribution in [-0.4, -0.2) is 32.4 Å². The molecule has 0 atom stereocenters. The number of allylic oxidation sites excluding steroid dienone is 1. The maximum Gasteiger partial charge on any atom is 0.327 e. The number of ether oxygens (including phenoxy) is 3. The summed E-state index contributed by atoms with van der Waals surface area (Å²) in [5.41, 5.74) is 0.877. The number of carboxylic acid groups (broad SMARTS) is 1. The fourth-order valence-corrected chi connectivity index (χ4v) is 1.55. The number of carboxylic acids is 1. The maximum absolute atomic E-state index is 10.4. The third kappa shape index (κ3) is 3.41. The zero-order valence-corrected chi connectivity index (χ0v) is 10.6. The van der Waals surface area contributed by atoms with Gasteiger partial charge in [0.05, 0.1) is 21.3 Å². The van der Waals surface area contributed by atoms with Gasteiger partial charge in [0, 0.05) is 6.08 Å². The largest absolute Gasteiger partial charge is 0.493 e. The second-order valence-electron chi connectivity index (χ2n) is 3.48.